The number of ether oxygens (including phenoxy) is 1. The van der Waals surface area contributed by atoms with Crippen LogP contribution in [0, 0.1) is 0 Å². The SMILES string of the molecule is CCOC(=O)C(N)Cc1c(Br)cncc1Br. The second-order valence-corrected chi connectivity index (χ2v) is 4.85. The van der Waals surface area contributed by atoms with E-state index in [0.717, 1.165) is 14.5 Å². The lowest BCUT2D eigenvalue weighted by Gasteiger charge is -2.12. The van der Waals surface area contributed by atoms with E-state index < -0.39 is 12.0 Å². The predicted octanol–water partition coefficient (Wildman–Crippen LogP) is 2.04. The zero-order valence-corrected chi connectivity index (χ0v) is 11.9. The zero-order valence-electron chi connectivity index (χ0n) is 8.74. The summed E-state index contributed by atoms with van der Waals surface area (Å²) in [6.45, 7) is 2.09. The fourth-order valence-corrected chi connectivity index (χ4v) is 2.44. The number of rotatable bonds is 4. The summed E-state index contributed by atoms with van der Waals surface area (Å²) in [6.07, 6.45) is 3.73. The quantitative estimate of drug-likeness (QED) is 0.843. The molecule has 1 rings (SSSR count). The summed E-state index contributed by atoms with van der Waals surface area (Å²) < 4.78 is 6.49. The fourth-order valence-electron chi connectivity index (χ4n) is 1.19. The maximum Gasteiger partial charge on any atom is 0.323 e. The van der Waals surface area contributed by atoms with Crippen LogP contribution in [0.1, 0.15) is 12.5 Å². The molecule has 0 amide bonds. The minimum Gasteiger partial charge on any atom is -0.465 e. The van der Waals surface area contributed by atoms with Crippen LogP contribution in [0.15, 0.2) is 21.3 Å². The molecule has 0 aliphatic carbocycles. The minimum atomic E-state index is -0.657. The molecule has 16 heavy (non-hydrogen) atoms. The molecule has 0 bridgehead atoms. The molecule has 0 fully saturated rings. The Morgan fingerprint density at radius 1 is 1.50 bits per heavy atom. The largest absolute Gasteiger partial charge is 0.465 e. The molecule has 0 radical (unpaired) electrons. The Labute approximate surface area is 111 Å². The van der Waals surface area contributed by atoms with Gasteiger partial charge in [-0.15, -0.1) is 0 Å². The smallest absolute Gasteiger partial charge is 0.323 e. The first-order chi connectivity index (χ1) is 7.56. The number of pyridine rings is 1. The number of aromatic nitrogens is 1. The monoisotopic (exact) mass is 350 g/mol. The van der Waals surface area contributed by atoms with Crippen LogP contribution in [0.4, 0.5) is 0 Å². The van der Waals surface area contributed by atoms with Crippen molar-refractivity contribution in [2.24, 2.45) is 5.73 Å². The molecule has 88 valence electrons. The standard InChI is InChI=1S/C10H12Br2N2O2/c1-2-16-10(15)9(13)3-6-7(11)4-14-5-8(6)12/h4-5,9H,2-3,13H2,1H3. The summed E-state index contributed by atoms with van der Waals surface area (Å²) in [5.41, 5.74) is 6.65. The van der Waals surface area contributed by atoms with Gasteiger partial charge in [-0.05, 0) is 44.3 Å². The normalized spacial score (nSPS) is 12.2. The third kappa shape index (κ3) is 3.54. The zero-order chi connectivity index (χ0) is 12.1. The van der Waals surface area contributed by atoms with Gasteiger partial charge in [-0.2, -0.15) is 0 Å². The molecule has 1 atom stereocenters. The van der Waals surface area contributed by atoms with Crippen LogP contribution in [0.25, 0.3) is 0 Å². The molecule has 1 aromatic heterocycles. The number of carbonyl (C=O) groups excluding carboxylic acids is 1. The first-order valence-electron chi connectivity index (χ1n) is 4.76. The molecular weight excluding hydrogens is 340 g/mol. The summed E-state index contributed by atoms with van der Waals surface area (Å²) in [6, 6.07) is -0.657. The van der Waals surface area contributed by atoms with Crippen molar-refractivity contribution < 1.29 is 9.53 Å². The molecule has 1 heterocycles. The van der Waals surface area contributed by atoms with Gasteiger partial charge in [0.2, 0.25) is 0 Å². The van der Waals surface area contributed by atoms with E-state index >= 15 is 0 Å². The number of carbonyl (C=O) groups is 1. The van der Waals surface area contributed by atoms with Gasteiger partial charge in [-0.3, -0.25) is 9.78 Å². The van der Waals surface area contributed by atoms with Crippen LogP contribution < -0.4 is 5.73 Å². The van der Waals surface area contributed by atoms with E-state index in [1.807, 2.05) is 0 Å². The topological polar surface area (TPSA) is 65.2 Å². The van der Waals surface area contributed by atoms with E-state index in [2.05, 4.69) is 36.8 Å². The third-order valence-electron chi connectivity index (χ3n) is 1.97. The average Bonchev–Trinajstić information content (AvgIpc) is 2.23. The minimum absolute atomic E-state index is 0.339. The van der Waals surface area contributed by atoms with Gasteiger partial charge in [0.15, 0.2) is 0 Å². The molecule has 0 saturated heterocycles. The van der Waals surface area contributed by atoms with Crippen LogP contribution in [0.2, 0.25) is 0 Å². The van der Waals surface area contributed by atoms with Crippen molar-refractivity contribution in [3.63, 3.8) is 0 Å². The van der Waals surface area contributed by atoms with Gasteiger partial charge < -0.3 is 10.5 Å². The number of hydrogen-bond donors (Lipinski definition) is 1. The molecule has 1 aromatic rings. The maximum absolute atomic E-state index is 11.4. The molecule has 1 unspecified atom stereocenters. The van der Waals surface area contributed by atoms with Gasteiger partial charge in [0.1, 0.15) is 6.04 Å². The van der Waals surface area contributed by atoms with Crippen LogP contribution in [-0.2, 0) is 16.0 Å². The van der Waals surface area contributed by atoms with Crippen molar-refractivity contribution in [2.45, 2.75) is 19.4 Å². The molecule has 0 aliphatic rings. The van der Waals surface area contributed by atoms with Gasteiger partial charge in [0.25, 0.3) is 0 Å². The Bertz CT molecular complexity index is 365. The summed E-state index contributed by atoms with van der Waals surface area (Å²) in [7, 11) is 0. The van der Waals surface area contributed by atoms with Crippen LogP contribution in [0.5, 0.6) is 0 Å². The van der Waals surface area contributed by atoms with Crippen molar-refractivity contribution in [1.29, 1.82) is 0 Å². The lowest BCUT2D eigenvalue weighted by atomic mass is 10.1. The Morgan fingerprint density at radius 2 is 2.06 bits per heavy atom. The molecule has 0 saturated carbocycles. The molecular formula is C10H12Br2N2O2. The first-order valence-corrected chi connectivity index (χ1v) is 6.35. The highest BCUT2D eigenvalue weighted by molar-refractivity contribution is 9.11. The Hall–Kier alpha value is -0.460. The molecule has 0 aromatic carbocycles. The second kappa shape index (κ2) is 6.32. The number of esters is 1. The Kier molecular flexibility index (Phi) is 5.37. The van der Waals surface area contributed by atoms with E-state index in [0.29, 0.717) is 13.0 Å². The summed E-state index contributed by atoms with van der Waals surface area (Å²) in [4.78, 5) is 15.4. The highest BCUT2D eigenvalue weighted by Crippen LogP contribution is 2.24. The summed E-state index contributed by atoms with van der Waals surface area (Å²) >= 11 is 6.73. The van der Waals surface area contributed by atoms with Crippen molar-refractivity contribution in [3.8, 4) is 0 Å². The van der Waals surface area contributed by atoms with E-state index in [1.165, 1.54) is 0 Å². The number of hydrogen-bond acceptors (Lipinski definition) is 4. The van der Waals surface area contributed by atoms with E-state index in [1.54, 1.807) is 19.3 Å². The van der Waals surface area contributed by atoms with Gasteiger partial charge in [-0.25, -0.2) is 0 Å². The van der Waals surface area contributed by atoms with Gasteiger partial charge in [0, 0.05) is 27.8 Å². The van der Waals surface area contributed by atoms with Crippen molar-refractivity contribution in [3.05, 3.63) is 26.9 Å². The average molecular weight is 352 g/mol. The molecule has 6 heteroatoms. The predicted molar refractivity (Wildman–Crippen MR) is 67.9 cm³/mol. The highest BCUT2D eigenvalue weighted by atomic mass is 79.9. The molecule has 0 aliphatic heterocycles. The summed E-state index contributed by atoms with van der Waals surface area (Å²) in [5.74, 6) is -0.391. The van der Waals surface area contributed by atoms with E-state index in [9.17, 15) is 4.79 Å². The Balaban J connectivity index is 2.76. The van der Waals surface area contributed by atoms with Crippen molar-refractivity contribution in [2.75, 3.05) is 6.61 Å². The fraction of sp³-hybridized carbons (Fsp3) is 0.400. The second-order valence-electron chi connectivity index (χ2n) is 3.14. The van der Waals surface area contributed by atoms with Crippen molar-refractivity contribution >= 4 is 37.8 Å². The maximum atomic E-state index is 11.4. The lowest BCUT2D eigenvalue weighted by Crippen LogP contribution is -2.34. The van der Waals surface area contributed by atoms with E-state index in [-0.39, 0.29) is 0 Å². The van der Waals surface area contributed by atoms with Crippen LogP contribution >= 0.6 is 31.9 Å². The Morgan fingerprint density at radius 3 is 2.56 bits per heavy atom. The van der Waals surface area contributed by atoms with E-state index in [4.69, 9.17) is 10.5 Å². The van der Waals surface area contributed by atoms with Crippen LogP contribution in [-0.4, -0.2) is 23.6 Å². The van der Waals surface area contributed by atoms with Gasteiger partial charge >= 0.3 is 5.97 Å². The van der Waals surface area contributed by atoms with Crippen LogP contribution in [0.3, 0.4) is 0 Å². The lowest BCUT2D eigenvalue weighted by molar-refractivity contribution is -0.144. The number of halogens is 2. The molecule has 4 nitrogen and oxygen atoms in total. The summed E-state index contributed by atoms with van der Waals surface area (Å²) in [5, 5.41) is 0. The molecule has 0 spiro atoms. The highest BCUT2D eigenvalue weighted by Gasteiger charge is 2.18. The number of nitrogens with zero attached hydrogens (tertiary/aromatic N) is 1. The molecule has 2 N–H and O–H groups in total. The third-order valence-corrected chi connectivity index (χ3v) is 3.33. The van der Waals surface area contributed by atoms with Gasteiger partial charge in [-0.1, -0.05) is 0 Å². The van der Waals surface area contributed by atoms with Gasteiger partial charge in [0.05, 0.1) is 6.61 Å². The van der Waals surface area contributed by atoms with Crippen molar-refractivity contribution in [1.82, 2.24) is 4.98 Å². The number of nitrogens with two attached hydrogens (primary N) is 1. The first kappa shape index (κ1) is 13.6.